The average Bonchev–Trinajstić information content (AvgIpc) is 2.76. The second-order valence-corrected chi connectivity index (χ2v) is 9.60. The van der Waals surface area contributed by atoms with Crippen LogP contribution in [0.3, 0.4) is 0 Å². The molecule has 0 aromatic heterocycles. The van der Waals surface area contributed by atoms with Crippen molar-refractivity contribution in [2.45, 2.75) is 90.0 Å². The predicted molar refractivity (Wildman–Crippen MR) is 125 cm³/mol. The molecular formula is C20H39N3O6S2. The van der Waals surface area contributed by atoms with Crippen LogP contribution in [0.5, 0.6) is 0 Å². The fraction of sp³-hybridized carbons (Fsp3) is 1.00. The molecule has 0 saturated carbocycles. The van der Waals surface area contributed by atoms with Crippen LogP contribution in [0.25, 0.3) is 10.4 Å². The van der Waals surface area contributed by atoms with E-state index in [4.69, 9.17) is 29.2 Å². The Morgan fingerprint density at radius 3 is 2.06 bits per heavy atom. The van der Waals surface area contributed by atoms with Crippen LogP contribution in [0.4, 0.5) is 0 Å². The summed E-state index contributed by atoms with van der Waals surface area (Å²) in [5.41, 5.74) is 8.30. The van der Waals surface area contributed by atoms with Gasteiger partial charge in [0.25, 0.3) is 0 Å². The van der Waals surface area contributed by atoms with Crippen LogP contribution in [0.1, 0.15) is 59.3 Å². The Hall–Kier alpha value is -0.230. The van der Waals surface area contributed by atoms with Crippen molar-refractivity contribution >= 4 is 21.6 Å². The molecule has 1 aliphatic rings. The molecule has 1 aliphatic heterocycles. The summed E-state index contributed by atoms with van der Waals surface area (Å²) in [5.74, 6) is 0.747. The highest BCUT2D eigenvalue weighted by Gasteiger charge is 2.47. The second kappa shape index (κ2) is 19.3. The lowest BCUT2D eigenvalue weighted by Gasteiger charge is -2.44. The minimum absolute atomic E-state index is 0.262. The van der Waals surface area contributed by atoms with Gasteiger partial charge in [-0.2, -0.15) is 0 Å². The smallest absolute Gasteiger partial charge is 0.184 e. The van der Waals surface area contributed by atoms with Gasteiger partial charge in [0.15, 0.2) is 6.29 Å². The molecule has 5 atom stereocenters. The van der Waals surface area contributed by atoms with Crippen molar-refractivity contribution in [3.8, 4) is 0 Å². The molecule has 1 rings (SSSR count). The van der Waals surface area contributed by atoms with Crippen LogP contribution >= 0.6 is 21.6 Å². The maximum Gasteiger partial charge on any atom is 0.184 e. The van der Waals surface area contributed by atoms with Crippen LogP contribution < -0.4 is 0 Å². The molecule has 9 nitrogen and oxygen atoms in total. The molecule has 0 aromatic carbocycles. The number of aliphatic hydroxyl groups is 1. The molecule has 0 amide bonds. The molecule has 0 spiro atoms. The van der Waals surface area contributed by atoms with Gasteiger partial charge in [0.2, 0.25) is 0 Å². The van der Waals surface area contributed by atoms with E-state index < -0.39 is 24.6 Å². The Bertz CT molecular complexity index is 488. The Morgan fingerprint density at radius 1 is 0.903 bits per heavy atom. The van der Waals surface area contributed by atoms with Gasteiger partial charge in [-0.15, -0.1) is 0 Å². The van der Waals surface area contributed by atoms with Gasteiger partial charge in [-0.05, 0) is 24.8 Å². The summed E-state index contributed by atoms with van der Waals surface area (Å²) in [7, 11) is 2.87. The van der Waals surface area contributed by atoms with E-state index in [0.717, 1.165) is 38.5 Å². The Morgan fingerprint density at radius 2 is 1.48 bits per heavy atom. The first-order valence-corrected chi connectivity index (χ1v) is 13.7. The Balaban J connectivity index is 2.76. The van der Waals surface area contributed by atoms with Crippen LogP contribution in [-0.2, 0) is 23.7 Å². The number of unbranched alkanes of at least 4 members (excludes halogenated alkanes) is 3. The van der Waals surface area contributed by atoms with Crippen molar-refractivity contribution in [1.29, 1.82) is 0 Å². The molecule has 1 heterocycles. The van der Waals surface area contributed by atoms with Crippen molar-refractivity contribution < 1.29 is 28.8 Å². The van der Waals surface area contributed by atoms with Crippen molar-refractivity contribution in [3.05, 3.63) is 10.4 Å². The molecule has 0 aromatic rings. The number of nitrogens with zero attached hydrogens (tertiary/aromatic N) is 3. The zero-order valence-corrected chi connectivity index (χ0v) is 20.7. The maximum atomic E-state index is 10.7. The van der Waals surface area contributed by atoms with Crippen molar-refractivity contribution in [2.24, 2.45) is 5.11 Å². The summed E-state index contributed by atoms with van der Waals surface area (Å²) in [5, 5.41) is 14.1. The molecule has 3 unspecified atom stereocenters. The Labute approximate surface area is 194 Å². The molecular weight excluding hydrogens is 442 g/mol. The van der Waals surface area contributed by atoms with Gasteiger partial charge >= 0.3 is 0 Å². The second-order valence-electron chi connectivity index (χ2n) is 7.22. The lowest BCUT2D eigenvalue weighted by atomic mass is 9.98. The van der Waals surface area contributed by atoms with E-state index in [1.807, 2.05) is 0 Å². The third kappa shape index (κ3) is 12.0. The standard InChI is InChI=1S/C20H39N3O6S2/c1-4-7-10-26-17-16(13-25-15-31-30-14-22-23-21)29-20(24)19(28-12-9-6-3)18(17)27-11-8-5-2/h16-20,24H,4-15H2,1-3H3/t16?,17-,18?,19-,20?/m0/s1. The van der Waals surface area contributed by atoms with E-state index in [1.54, 1.807) is 0 Å². The van der Waals surface area contributed by atoms with Crippen molar-refractivity contribution in [3.63, 3.8) is 0 Å². The number of hydrogen-bond donors (Lipinski definition) is 1. The molecule has 182 valence electrons. The van der Waals surface area contributed by atoms with Gasteiger partial charge in [-0.1, -0.05) is 66.7 Å². The lowest BCUT2D eigenvalue weighted by molar-refractivity contribution is -0.311. The van der Waals surface area contributed by atoms with E-state index >= 15 is 0 Å². The van der Waals surface area contributed by atoms with Gasteiger partial charge in [0, 0.05) is 24.7 Å². The summed E-state index contributed by atoms with van der Waals surface area (Å²) in [6.45, 7) is 8.29. The third-order valence-electron chi connectivity index (χ3n) is 4.70. The SMILES string of the molecule is CCCCOC1[C@H](OCCCC)C(O)OC(COCSSCN=[N+]=[N-])[C@@H]1OCCCC. The maximum absolute atomic E-state index is 10.7. The molecule has 11 heteroatoms. The molecule has 0 radical (unpaired) electrons. The van der Waals surface area contributed by atoms with Crippen LogP contribution in [0.15, 0.2) is 5.11 Å². The first-order valence-electron chi connectivity index (χ1n) is 11.2. The van der Waals surface area contributed by atoms with E-state index in [0.29, 0.717) is 31.6 Å². The molecule has 1 saturated heterocycles. The summed E-state index contributed by atoms with van der Waals surface area (Å²) in [6, 6.07) is 0. The number of ether oxygens (including phenoxy) is 5. The molecule has 1 N–H and O–H groups in total. The van der Waals surface area contributed by atoms with E-state index in [9.17, 15) is 5.11 Å². The average molecular weight is 482 g/mol. The first kappa shape index (κ1) is 28.8. The summed E-state index contributed by atoms with van der Waals surface area (Å²) in [4.78, 5) is 2.71. The molecule has 31 heavy (non-hydrogen) atoms. The lowest BCUT2D eigenvalue weighted by Crippen LogP contribution is -2.61. The minimum Gasteiger partial charge on any atom is -0.373 e. The number of aliphatic hydroxyl groups excluding tert-OH is 1. The van der Waals surface area contributed by atoms with Gasteiger partial charge in [-0.25, -0.2) is 0 Å². The highest BCUT2D eigenvalue weighted by molar-refractivity contribution is 8.76. The van der Waals surface area contributed by atoms with Crippen LogP contribution in [0, 0.1) is 0 Å². The normalized spacial score (nSPS) is 26.0. The summed E-state index contributed by atoms with van der Waals surface area (Å²) in [6.07, 6.45) is 2.83. The fourth-order valence-electron chi connectivity index (χ4n) is 3.01. The number of rotatable bonds is 19. The third-order valence-corrected chi connectivity index (χ3v) is 6.46. The largest absolute Gasteiger partial charge is 0.373 e. The number of azide groups is 1. The first-order chi connectivity index (χ1) is 15.2. The molecule has 0 bridgehead atoms. The predicted octanol–water partition coefficient (Wildman–Crippen LogP) is 4.88. The van der Waals surface area contributed by atoms with Crippen molar-refractivity contribution in [1.82, 2.24) is 0 Å². The van der Waals surface area contributed by atoms with E-state index in [2.05, 4.69) is 30.8 Å². The van der Waals surface area contributed by atoms with Crippen LogP contribution in [-0.4, -0.2) is 74.1 Å². The van der Waals surface area contributed by atoms with E-state index in [-0.39, 0.29) is 12.7 Å². The monoisotopic (exact) mass is 481 g/mol. The highest BCUT2D eigenvalue weighted by Crippen LogP contribution is 2.29. The molecule has 0 aliphatic carbocycles. The minimum atomic E-state index is -1.10. The van der Waals surface area contributed by atoms with Gasteiger partial charge in [0.05, 0.1) is 12.5 Å². The quantitative estimate of drug-likeness (QED) is 0.0693. The topological polar surface area (TPSA) is 115 Å². The van der Waals surface area contributed by atoms with Crippen molar-refractivity contribution in [2.75, 3.05) is 38.2 Å². The van der Waals surface area contributed by atoms with Crippen LogP contribution in [0.2, 0.25) is 0 Å². The van der Waals surface area contributed by atoms with Gasteiger partial charge in [-0.3, -0.25) is 0 Å². The number of hydrogen-bond acceptors (Lipinski definition) is 9. The summed E-state index contributed by atoms with van der Waals surface area (Å²) >= 11 is 0. The zero-order valence-electron chi connectivity index (χ0n) is 19.0. The fourth-order valence-corrected chi connectivity index (χ4v) is 4.19. The Kier molecular flexibility index (Phi) is 17.9. The highest BCUT2D eigenvalue weighted by atomic mass is 33.1. The van der Waals surface area contributed by atoms with Gasteiger partial charge < -0.3 is 28.8 Å². The van der Waals surface area contributed by atoms with Gasteiger partial charge in [0.1, 0.15) is 30.4 Å². The summed E-state index contributed by atoms with van der Waals surface area (Å²) < 4.78 is 30.0. The van der Waals surface area contributed by atoms with E-state index in [1.165, 1.54) is 21.6 Å². The zero-order chi connectivity index (χ0) is 22.7. The molecule has 1 fully saturated rings.